The highest BCUT2D eigenvalue weighted by molar-refractivity contribution is 6.33. The number of aromatic nitrogens is 1. The van der Waals surface area contributed by atoms with Crippen molar-refractivity contribution in [1.29, 1.82) is 0 Å². The molecule has 114 valence electrons. The molecule has 1 aromatic carbocycles. The Hall–Kier alpha value is -2.07. The molecular formula is C17H18ClN3O. The lowest BCUT2D eigenvalue weighted by molar-refractivity contribution is -0.120. The number of piperidine rings is 1. The Morgan fingerprint density at radius 1 is 1.27 bits per heavy atom. The third-order valence-electron chi connectivity index (χ3n) is 3.93. The van der Waals surface area contributed by atoms with Crippen LogP contribution in [-0.4, -0.2) is 24.0 Å². The standard InChI is InChI=1S/C17H18ClN3O/c18-15-11-19-9-8-16(15)21-10-4-5-13(12-21)17(22)20-14-6-2-1-3-7-14/h1-3,6-9,11,13H,4-5,10,12H2,(H,20,22). The predicted molar refractivity (Wildman–Crippen MR) is 89.3 cm³/mol. The van der Waals surface area contributed by atoms with E-state index in [4.69, 9.17) is 11.6 Å². The minimum absolute atomic E-state index is 0.0295. The fourth-order valence-electron chi connectivity index (χ4n) is 2.80. The van der Waals surface area contributed by atoms with Crippen molar-refractivity contribution in [2.24, 2.45) is 5.92 Å². The Bertz CT molecular complexity index is 647. The summed E-state index contributed by atoms with van der Waals surface area (Å²) in [6.07, 6.45) is 5.25. The number of carbonyl (C=O) groups excluding carboxylic acids is 1. The predicted octanol–water partition coefficient (Wildman–Crippen LogP) is 3.59. The van der Waals surface area contributed by atoms with E-state index in [1.807, 2.05) is 36.4 Å². The van der Waals surface area contributed by atoms with Gasteiger partial charge in [-0.2, -0.15) is 0 Å². The highest BCUT2D eigenvalue weighted by Gasteiger charge is 2.26. The average molecular weight is 316 g/mol. The largest absolute Gasteiger partial charge is 0.369 e. The lowest BCUT2D eigenvalue weighted by Crippen LogP contribution is -2.40. The molecule has 1 atom stereocenters. The molecule has 0 aliphatic carbocycles. The molecule has 1 saturated heterocycles. The Kier molecular flexibility index (Phi) is 4.59. The first kappa shape index (κ1) is 14.9. The number of halogens is 1. The molecule has 1 aliphatic rings. The number of amides is 1. The first-order chi connectivity index (χ1) is 10.7. The summed E-state index contributed by atoms with van der Waals surface area (Å²) in [7, 11) is 0. The maximum Gasteiger partial charge on any atom is 0.229 e. The first-order valence-electron chi connectivity index (χ1n) is 7.44. The Morgan fingerprint density at radius 3 is 2.86 bits per heavy atom. The van der Waals surface area contributed by atoms with E-state index in [2.05, 4.69) is 15.2 Å². The number of para-hydroxylation sites is 1. The molecule has 1 amide bonds. The van der Waals surface area contributed by atoms with Gasteiger partial charge >= 0.3 is 0 Å². The summed E-state index contributed by atoms with van der Waals surface area (Å²) in [5.41, 5.74) is 1.79. The van der Waals surface area contributed by atoms with Crippen LogP contribution in [0.5, 0.6) is 0 Å². The highest BCUT2D eigenvalue weighted by Crippen LogP contribution is 2.29. The Balaban J connectivity index is 1.68. The fourth-order valence-corrected chi connectivity index (χ4v) is 3.04. The van der Waals surface area contributed by atoms with Crippen molar-refractivity contribution in [3.05, 3.63) is 53.8 Å². The van der Waals surface area contributed by atoms with Crippen molar-refractivity contribution >= 4 is 28.9 Å². The van der Waals surface area contributed by atoms with Gasteiger partial charge in [-0.15, -0.1) is 0 Å². The number of hydrogen-bond donors (Lipinski definition) is 1. The normalized spacial score (nSPS) is 18.0. The van der Waals surface area contributed by atoms with E-state index in [0.717, 1.165) is 30.8 Å². The topological polar surface area (TPSA) is 45.2 Å². The SMILES string of the molecule is O=C(Nc1ccccc1)C1CCCN(c2ccncc2Cl)C1. The zero-order chi connectivity index (χ0) is 15.4. The summed E-state index contributed by atoms with van der Waals surface area (Å²) < 4.78 is 0. The molecular weight excluding hydrogens is 298 g/mol. The van der Waals surface area contributed by atoms with Crippen molar-refractivity contribution in [3.8, 4) is 0 Å². The van der Waals surface area contributed by atoms with Crippen LogP contribution in [0, 0.1) is 5.92 Å². The summed E-state index contributed by atoms with van der Waals surface area (Å²) in [5, 5.41) is 3.62. The first-order valence-corrected chi connectivity index (χ1v) is 7.82. The van der Waals surface area contributed by atoms with E-state index in [0.29, 0.717) is 11.6 Å². The quantitative estimate of drug-likeness (QED) is 0.941. The molecule has 1 fully saturated rings. The van der Waals surface area contributed by atoms with E-state index in [1.165, 1.54) is 0 Å². The molecule has 1 aliphatic heterocycles. The van der Waals surface area contributed by atoms with Crippen LogP contribution in [0.3, 0.4) is 0 Å². The summed E-state index contributed by atoms with van der Waals surface area (Å²) in [6.45, 7) is 1.60. The zero-order valence-corrected chi connectivity index (χ0v) is 13.0. The molecule has 0 bridgehead atoms. The minimum atomic E-state index is -0.0295. The second-order valence-corrected chi connectivity index (χ2v) is 5.87. The van der Waals surface area contributed by atoms with E-state index >= 15 is 0 Å². The lowest BCUT2D eigenvalue weighted by Gasteiger charge is -2.34. The van der Waals surface area contributed by atoms with Crippen LogP contribution in [-0.2, 0) is 4.79 Å². The Labute approximate surface area is 135 Å². The van der Waals surface area contributed by atoms with Gasteiger partial charge in [0.1, 0.15) is 0 Å². The highest BCUT2D eigenvalue weighted by atomic mass is 35.5. The maximum atomic E-state index is 12.4. The second kappa shape index (κ2) is 6.79. The molecule has 5 heteroatoms. The van der Waals surface area contributed by atoms with Gasteiger partial charge in [0.05, 0.1) is 16.6 Å². The number of nitrogens with one attached hydrogen (secondary N) is 1. The molecule has 22 heavy (non-hydrogen) atoms. The van der Waals surface area contributed by atoms with Crippen LogP contribution in [0.15, 0.2) is 48.8 Å². The van der Waals surface area contributed by atoms with Gasteiger partial charge in [-0.05, 0) is 31.0 Å². The number of anilines is 2. The van der Waals surface area contributed by atoms with Crippen LogP contribution in [0.4, 0.5) is 11.4 Å². The molecule has 1 unspecified atom stereocenters. The van der Waals surface area contributed by atoms with Crippen molar-refractivity contribution < 1.29 is 4.79 Å². The monoisotopic (exact) mass is 315 g/mol. The molecule has 0 radical (unpaired) electrons. The average Bonchev–Trinajstić information content (AvgIpc) is 2.56. The van der Waals surface area contributed by atoms with Crippen LogP contribution in [0.25, 0.3) is 0 Å². The third-order valence-corrected chi connectivity index (χ3v) is 4.22. The van der Waals surface area contributed by atoms with Crippen LogP contribution < -0.4 is 10.2 Å². The second-order valence-electron chi connectivity index (χ2n) is 5.47. The summed E-state index contributed by atoms with van der Waals surface area (Å²) in [5.74, 6) is 0.0410. The van der Waals surface area contributed by atoms with Gasteiger partial charge in [0.15, 0.2) is 0 Å². The zero-order valence-electron chi connectivity index (χ0n) is 12.2. The van der Waals surface area contributed by atoms with Gasteiger partial charge in [-0.3, -0.25) is 9.78 Å². The molecule has 2 aromatic rings. The van der Waals surface area contributed by atoms with Gasteiger partial charge in [0.25, 0.3) is 0 Å². The van der Waals surface area contributed by atoms with Gasteiger partial charge in [-0.1, -0.05) is 29.8 Å². The number of pyridine rings is 1. The molecule has 1 N–H and O–H groups in total. The molecule has 1 aromatic heterocycles. The lowest BCUT2D eigenvalue weighted by atomic mass is 9.96. The molecule has 3 rings (SSSR count). The number of carbonyl (C=O) groups is 1. The number of hydrogen-bond acceptors (Lipinski definition) is 3. The van der Waals surface area contributed by atoms with Crippen molar-refractivity contribution in [1.82, 2.24) is 4.98 Å². The smallest absolute Gasteiger partial charge is 0.229 e. The van der Waals surface area contributed by atoms with Crippen LogP contribution in [0.1, 0.15) is 12.8 Å². The Morgan fingerprint density at radius 2 is 2.09 bits per heavy atom. The summed E-state index contributed by atoms with van der Waals surface area (Å²) in [6, 6.07) is 11.5. The van der Waals surface area contributed by atoms with Crippen molar-refractivity contribution in [2.75, 3.05) is 23.3 Å². The third kappa shape index (κ3) is 3.39. The minimum Gasteiger partial charge on any atom is -0.369 e. The molecule has 2 heterocycles. The van der Waals surface area contributed by atoms with E-state index in [1.54, 1.807) is 12.4 Å². The van der Waals surface area contributed by atoms with Crippen molar-refractivity contribution in [3.63, 3.8) is 0 Å². The molecule has 0 saturated carbocycles. The summed E-state index contributed by atoms with van der Waals surface area (Å²) >= 11 is 6.21. The fraction of sp³-hybridized carbons (Fsp3) is 0.294. The molecule has 0 spiro atoms. The van der Waals surface area contributed by atoms with E-state index in [9.17, 15) is 4.79 Å². The summed E-state index contributed by atoms with van der Waals surface area (Å²) in [4.78, 5) is 18.6. The number of nitrogens with zero attached hydrogens (tertiary/aromatic N) is 2. The molecule has 4 nitrogen and oxygen atoms in total. The van der Waals surface area contributed by atoms with Gasteiger partial charge in [0, 0.05) is 31.2 Å². The number of rotatable bonds is 3. The van der Waals surface area contributed by atoms with Crippen LogP contribution in [0.2, 0.25) is 5.02 Å². The van der Waals surface area contributed by atoms with Crippen molar-refractivity contribution in [2.45, 2.75) is 12.8 Å². The van der Waals surface area contributed by atoms with E-state index < -0.39 is 0 Å². The van der Waals surface area contributed by atoms with Gasteiger partial charge < -0.3 is 10.2 Å². The number of benzene rings is 1. The van der Waals surface area contributed by atoms with Crippen LogP contribution >= 0.6 is 11.6 Å². The van der Waals surface area contributed by atoms with E-state index in [-0.39, 0.29) is 11.8 Å². The maximum absolute atomic E-state index is 12.4. The van der Waals surface area contributed by atoms with Gasteiger partial charge in [0.2, 0.25) is 5.91 Å². The van der Waals surface area contributed by atoms with Gasteiger partial charge in [-0.25, -0.2) is 0 Å².